The number of hydrogen-bond donors (Lipinski definition) is 1. The first-order chi connectivity index (χ1) is 11.9. The van der Waals surface area contributed by atoms with E-state index in [0.29, 0.717) is 0 Å². The van der Waals surface area contributed by atoms with E-state index in [1.165, 1.54) is 0 Å². The Balaban J connectivity index is 1.73. The van der Waals surface area contributed by atoms with E-state index in [2.05, 4.69) is 21.2 Å². The number of likely N-dealkylation sites (N-methyl/N-ethyl adjacent to an activating group) is 1. The maximum Gasteiger partial charge on any atom is 0.243 e. The Morgan fingerprint density at radius 1 is 1.08 bits per heavy atom. The minimum atomic E-state index is -0.825. The number of hydrogen-bond acceptors (Lipinski definition) is 2. The Morgan fingerprint density at radius 2 is 1.80 bits per heavy atom. The van der Waals surface area contributed by atoms with Crippen LogP contribution in [0.5, 0.6) is 0 Å². The number of carbonyl (C=O) groups is 1. The van der Waals surface area contributed by atoms with Gasteiger partial charge in [-0.2, -0.15) is 0 Å². The van der Waals surface area contributed by atoms with Crippen LogP contribution in [-0.2, 0) is 4.79 Å². The van der Waals surface area contributed by atoms with E-state index >= 15 is 0 Å². The summed E-state index contributed by atoms with van der Waals surface area (Å²) in [6, 6.07) is 15.6. The van der Waals surface area contributed by atoms with Crippen molar-refractivity contribution in [1.82, 2.24) is 0 Å². The zero-order chi connectivity index (χ0) is 18.0. The summed E-state index contributed by atoms with van der Waals surface area (Å²) in [7, 11) is 1.78. The Hall–Kier alpha value is -2.47. The summed E-state index contributed by atoms with van der Waals surface area (Å²) in [5.74, 6) is -1.94. The number of halogens is 3. The normalized spacial score (nSPS) is 10.7. The van der Waals surface area contributed by atoms with Gasteiger partial charge in [0.25, 0.3) is 0 Å². The van der Waals surface area contributed by atoms with E-state index in [1.807, 2.05) is 42.5 Å². The van der Waals surface area contributed by atoms with Gasteiger partial charge in [0.15, 0.2) is 5.82 Å². The molecule has 3 rings (SSSR count). The van der Waals surface area contributed by atoms with Crippen LogP contribution >= 0.6 is 15.9 Å². The third kappa shape index (κ3) is 3.96. The van der Waals surface area contributed by atoms with Gasteiger partial charge >= 0.3 is 0 Å². The number of nitrogens with one attached hydrogen (secondary N) is 1. The van der Waals surface area contributed by atoms with Gasteiger partial charge in [-0.25, -0.2) is 8.78 Å². The number of carbonyl (C=O) groups excluding carboxylic acids is 1. The first kappa shape index (κ1) is 17.4. The van der Waals surface area contributed by atoms with Gasteiger partial charge in [0.05, 0.1) is 12.2 Å². The molecular formula is C19H15BrF2N2O. The number of amides is 1. The van der Waals surface area contributed by atoms with Crippen LogP contribution in [0.4, 0.5) is 20.2 Å². The van der Waals surface area contributed by atoms with Crippen LogP contribution in [-0.4, -0.2) is 19.5 Å². The molecule has 3 aromatic carbocycles. The predicted molar refractivity (Wildman–Crippen MR) is 99.9 cm³/mol. The maximum atomic E-state index is 13.8. The summed E-state index contributed by atoms with van der Waals surface area (Å²) in [6.07, 6.45) is 0. The van der Waals surface area contributed by atoms with Crippen molar-refractivity contribution >= 4 is 44.0 Å². The smallest absolute Gasteiger partial charge is 0.243 e. The summed E-state index contributed by atoms with van der Waals surface area (Å²) in [5.41, 5.74) is 0.797. The Labute approximate surface area is 152 Å². The highest BCUT2D eigenvalue weighted by Gasteiger charge is 2.14. The fraction of sp³-hybridized carbons (Fsp3) is 0.105. The van der Waals surface area contributed by atoms with Crippen LogP contribution in [0.25, 0.3) is 10.8 Å². The summed E-state index contributed by atoms with van der Waals surface area (Å²) in [4.78, 5) is 14.0. The summed E-state index contributed by atoms with van der Waals surface area (Å²) in [5, 5.41) is 4.66. The van der Waals surface area contributed by atoms with Gasteiger partial charge in [-0.3, -0.25) is 4.79 Å². The van der Waals surface area contributed by atoms with Crippen molar-refractivity contribution < 1.29 is 13.6 Å². The fourth-order valence-electron chi connectivity index (χ4n) is 2.56. The molecule has 0 saturated heterocycles. The van der Waals surface area contributed by atoms with Gasteiger partial charge in [-0.15, -0.1) is 0 Å². The molecule has 3 aromatic rings. The summed E-state index contributed by atoms with van der Waals surface area (Å²) in [6.45, 7) is 0.0294. The van der Waals surface area contributed by atoms with Gasteiger partial charge in [0.2, 0.25) is 5.91 Å². The van der Waals surface area contributed by atoms with E-state index in [0.717, 1.165) is 28.6 Å². The third-order valence-electron chi connectivity index (χ3n) is 3.83. The molecule has 0 spiro atoms. The van der Waals surface area contributed by atoms with Gasteiger partial charge in [0.1, 0.15) is 5.82 Å². The number of anilines is 2. The van der Waals surface area contributed by atoms with E-state index in [4.69, 9.17) is 0 Å². The number of benzene rings is 3. The zero-order valence-corrected chi connectivity index (χ0v) is 15.0. The molecule has 0 unspecified atom stereocenters. The van der Waals surface area contributed by atoms with E-state index in [1.54, 1.807) is 11.9 Å². The third-order valence-corrected chi connectivity index (χ3v) is 4.45. The standard InChI is InChI=1S/C19H15BrF2N2O/c1-24(15-7-6-12-4-2-3-5-13(12)8-15)11-18(25)23-19-16(20)9-14(21)10-17(19)22/h2-10H,11H2,1H3,(H,23,25). The molecule has 0 bridgehead atoms. The molecule has 1 amide bonds. The molecule has 0 aliphatic rings. The van der Waals surface area contributed by atoms with Gasteiger partial charge < -0.3 is 10.2 Å². The minimum Gasteiger partial charge on any atom is -0.365 e. The second-order valence-corrected chi connectivity index (χ2v) is 6.53. The van der Waals surface area contributed by atoms with Crippen molar-refractivity contribution in [1.29, 1.82) is 0 Å². The van der Waals surface area contributed by atoms with Crippen LogP contribution in [0, 0.1) is 11.6 Å². The van der Waals surface area contributed by atoms with Crippen molar-refractivity contribution in [2.75, 3.05) is 23.8 Å². The highest BCUT2D eigenvalue weighted by Crippen LogP contribution is 2.27. The highest BCUT2D eigenvalue weighted by molar-refractivity contribution is 9.10. The molecule has 0 aliphatic carbocycles. The van der Waals surface area contributed by atoms with Crippen LogP contribution in [0.3, 0.4) is 0 Å². The summed E-state index contributed by atoms with van der Waals surface area (Å²) < 4.78 is 27.1. The lowest BCUT2D eigenvalue weighted by Gasteiger charge is -2.19. The Morgan fingerprint density at radius 3 is 2.52 bits per heavy atom. The Bertz CT molecular complexity index is 923. The van der Waals surface area contributed by atoms with Crippen molar-refractivity contribution in [2.24, 2.45) is 0 Å². The monoisotopic (exact) mass is 404 g/mol. The largest absolute Gasteiger partial charge is 0.365 e. The van der Waals surface area contributed by atoms with Crippen LogP contribution in [0.1, 0.15) is 0 Å². The van der Waals surface area contributed by atoms with Crippen LogP contribution in [0.15, 0.2) is 59.1 Å². The molecule has 128 valence electrons. The average Bonchev–Trinajstić information content (AvgIpc) is 2.57. The second-order valence-electron chi connectivity index (χ2n) is 5.68. The SMILES string of the molecule is CN(CC(=O)Nc1c(F)cc(F)cc1Br)c1ccc2ccccc2c1. The number of fused-ring (bicyclic) bond motifs is 1. The average molecular weight is 405 g/mol. The minimum absolute atomic E-state index is 0.0294. The molecule has 0 radical (unpaired) electrons. The zero-order valence-electron chi connectivity index (χ0n) is 13.4. The topological polar surface area (TPSA) is 32.3 Å². The van der Waals surface area contributed by atoms with Crippen molar-refractivity contribution in [2.45, 2.75) is 0 Å². The molecule has 0 heterocycles. The van der Waals surface area contributed by atoms with Gasteiger partial charge in [-0.1, -0.05) is 30.3 Å². The molecule has 1 N–H and O–H groups in total. The first-order valence-corrected chi connectivity index (χ1v) is 8.37. The fourth-order valence-corrected chi connectivity index (χ4v) is 3.07. The number of rotatable bonds is 4. The van der Waals surface area contributed by atoms with E-state index in [9.17, 15) is 13.6 Å². The van der Waals surface area contributed by atoms with Gasteiger partial charge in [0, 0.05) is 23.3 Å². The van der Waals surface area contributed by atoms with Crippen LogP contribution in [0.2, 0.25) is 0 Å². The quantitative estimate of drug-likeness (QED) is 0.666. The molecule has 6 heteroatoms. The van der Waals surface area contributed by atoms with Crippen molar-refractivity contribution in [3.05, 3.63) is 70.7 Å². The van der Waals surface area contributed by atoms with Crippen LogP contribution < -0.4 is 10.2 Å². The van der Waals surface area contributed by atoms with Crippen molar-refractivity contribution in [3.63, 3.8) is 0 Å². The van der Waals surface area contributed by atoms with E-state index < -0.39 is 17.5 Å². The lowest BCUT2D eigenvalue weighted by atomic mass is 10.1. The van der Waals surface area contributed by atoms with E-state index in [-0.39, 0.29) is 16.7 Å². The molecule has 0 saturated carbocycles. The molecule has 3 nitrogen and oxygen atoms in total. The molecular weight excluding hydrogens is 390 g/mol. The molecule has 0 fully saturated rings. The highest BCUT2D eigenvalue weighted by atomic mass is 79.9. The van der Waals surface area contributed by atoms with Crippen molar-refractivity contribution in [3.8, 4) is 0 Å². The second kappa shape index (κ2) is 7.19. The number of nitrogens with zero attached hydrogens (tertiary/aromatic N) is 1. The van der Waals surface area contributed by atoms with Gasteiger partial charge in [-0.05, 0) is 44.9 Å². The maximum absolute atomic E-state index is 13.8. The molecule has 0 aliphatic heterocycles. The Kier molecular flexibility index (Phi) is 4.99. The lowest BCUT2D eigenvalue weighted by molar-refractivity contribution is -0.114. The lowest BCUT2D eigenvalue weighted by Crippen LogP contribution is -2.30. The summed E-state index contributed by atoms with van der Waals surface area (Å²) >= 11 is 3.06. The molecule has 0 aromatic heterocycles. The predicted octanol–water partition coefficient (Wildman–Crippen LogP) is 4.96. The molecule has 0 atom stereocenters. The first-order valence-electron chi connectivity index (χ1n) is 7.58. The molecule has 25 heavy (non-hydrogen) atoms.